The van der Waals surface area contributed by atoms with Crippen molar-refractivity contribution in [3.8, 4) is 0 Å². The van der Waals surface area contributed by atoms with Crippen LogP contribution in [0.5, 0.6) is 0 Å². The molecule has 0 bridgehead atoms. The second-order valence-electron chi connectivity index (χ2n) is 4.50. The van der Waals surface area contributed by atoms with Crippen LogP contribution >= 0.6 is 0 Å². The number of pyridine rings is 1. The zero-order chi connectivity index (χ0) is 13.1. The van der Waals surface area contributed by atoms with E-state index >= 15 is 0 Å². The number of hydrogen-bond acceptors (Lipinski definition) is 5. The Morgan fingerprint density at radius 2 is 2.12 bits per heavy atom. The van der Waals surface area contributed by atoms with E-state index < -0.39 is 21.5 Å². The summed E-state index contributed by atoms with van der Waals surface area (Å²) < 4.78 is 26.2. The molecule has 0 saturated heterocycles. The van der Waals surface area contributed by atoms with E-state index in [9.17, 15) is 13.2 Å². The molecule has 17 heavy (non-hydrogen) atoms. The summed E-state index contributed by atoms with van der Waals surface area (Å²) in [5.41, 5.74) is -0.0606. The van der Waals surface area contributed by atoms with Gasteiger partial charge in [-0.25, -0.2) is 0 Å². The molecule has 0 aromatic carbocycles. The summed E-state index contributed by atoms with van der Waals surface area (Å²) >= 11 is 0. The molecule has 6 heteroatoms. The van der Waals surface area contributed by atoms with Gasteiger partial charge in [-0.1, -0.05) is 6.07 Å². The van der Waals surface area contributed by atoms with Gasteiger partial charge in [0, 0.05) is 12.4 Å². The lowest BCUT2D eigenvalue weighted by Crippen LogP contribution is -2.30. The zero-order valence-corrected chi connectivity index (χ0v) is 10.8. The van der Waals surface area contributed by atoms with E-state index in [1.54, 1.807) is 32.3 Å². The van der Waals surface area contributed by atoms with Gasteiger partial charge in [0.25, 0.3) is 0 Å². The van der Waals surface area contributed by atoms with Gasteiger partial charge in [0.05, 0.1) is 11.7 Å². The molecule has 0 fully saturated rings. The van der Waals surface area contributed by atoms with Gasteiger partial charge in [0.2, 0.25) is 0 Å². The maximum atomic E-state index is 11.7. The molecule has 1 heterocycles. The van der Waals surface area contributed by atoms with Gasteiger partial charge in [-0.3, -0.25) is 9.78 Å². The highest BCUT2D eigenvalue weighted by Crippen LogP contribution is 2.23. The Hall–Kier alpha value is -1.43. The van der Waals surface area contributed by atoms with Crippen LogP contribution < -0.4 is 0 Å². The fourth-order valence-corrected chi connectivity index (χ4v) is 1.84. The summed E-state index contributed by atoms with van der Waals surface area (Å²) in [7, 11) is -3.76. The molecule has 0 aliphatic rings. The Morgan fingerprint density at radius 3 is 2.59 bits per heavy atom. The molecule has 5 nitrogen and oxygen atoms in total. The van der Waals surface area contributed by atoms with Gasteiger partial charge in [0.1, 0.15) is 0 Å². The third-order valence-corrected chi connectivity index (χ3v) is 2.60. The van der Waals surface area contributed by atoms with Crippen LogP contribution in [0, 0.1) is 5.41 Å². The van der Waals surface area contributed by atoms with Crippen LogP contribution in [0.25, 0.3) is 0 Å². The summed E-state index contributed by atoms with van der Waals surface area (Å²) in [5, 5.41) is 0. The monoisotopic (exact) mass is 257 g/mol. The first-order valence-electron chi connectivity index (χ1n) is 5.03. The molecule has 0 amide bonds. The molecule has 0 spiro atoms. The van der Waals surface area contributed by atoms with E-state index in [4.69, 9.17) is 0 Å². The lowest BCUT2D eigenvalue weighted by Gasteiger charge is -2.21. The van der Waals surface area contributed by atoms with E-state index in [0.717, 1.165) is 11.8 Å². The summed E-state index contributed by atoms with van der Waals surface area (Å²) in [6.45, 7) is 3.26. The van der Waals surface area contributed by atoms with Crippen molar-refractivity contribution >= 4 is 16.1 Å². The Labute approximate surface area is 101 Å². The minimum absolute atomic E-state index is 0.370. The van der Waals surface area contributed by atoms with Gasteiger partial charge in [0.15, 0.2) is 0 Å². The van der Waals surface area contributed by atoms with Crippen LogP contribution in [0.3, 0.4) is 0 Å². The molecule has 1 rings (SSSR count). The predicted octanol–water partition coefficient (Wildman–Crippen LogP) is 1.15. The smallest absolute Gasteiger partial charge is 0.327 e. The summed E-state index contributed by atoms with van der Waals surface area (Å²) in [6, 6.07) is 3.58. The molecule has 94 valence electrons. The van der Waals surface area contributed by atoms with Gasteiger partial charge >= 0.3 is 16.1 Å². The molecule has 0 radical (unpaired) electrons. The largest absolute Gasteiger partial charge is 0.345 e. The maximum Gasteiger partial charge on any atom is 0.327 e. The van der Waals surface area contributed by atoms with Crippen LogP contribution in [0.2, 0.25) is 0 Å². The topological polar surface area (TPSA) is 73.3 Å². The Kier molecular flexibility index (Phi) is 3.87. The first-order valence-corrected chi connectivity index (χ1v) is 6.85. The molecule has 0 atom stereocenters. The molecular weight excluding hydrogens is 242 g/mol. The van der Waals surface area contributed by atoms with Gasteiger partial charge in [-0.15, -0.1) is 0 Å². The lowest BCUT2D eigenvalue weighted by atomic mass is 9.86. The molecule has 0 unspecified atom stereocenters. The maximum absolute atomic E-state index is 11.7. The van der Waals surface area contributed by atoms with Crippen molar-refractivity contribution in [1.82, 2.24) is 4.98 Å². The number of aromatic nitrogens is 1. The van der Waals surface area contributed by atoms with Gasteiger partial charge < -0.3 is 4.18 Å². The van der Waals surface area contributed by atoms with E-state index in [2.05, 4.69) is 9.17 Å². The minimum atomic E-state index is -3.76. The molecule has 0 aliphatic carbocycles. The predicted molar refractivity (Wildman–Crippen MR) is 62.7 cm³/mol. The Bertz CT molecular complexity index is 493. The van der Waals surface area contributed by atoms with Crippen molar-refractivity contribution in [2.45, 2.75) is 20.3 Å². The fourth-order valence-electron chi connectivity index (χ4n) is 1.34. The lowest BCUT2D eigenvalue weighted by molar-refractivity contribution is -0.143. The normalized spacial score (nSPS) is 12.2. The van der Waals surface area contributed by atoms with Crippen molar-refractivity contribution < 1.29 is 17.4 Å². The van der Waals surface area contributed by atoms with Crippen LogP contribution in [-0.2, 0) is 25.5 Å². The van der Waals surface area contributed by atoms with E-state index in [1.165, 1.54) is 0 Å². The van der Waals surface area contributed by atoms with E-state index in [1.807, 2.05) is 6.07 Å². The summed E-state index contributed by atoms with van der Waals surface area (Å²) in [4.78, 5) is 15.6. The average Bonchev–Trinajstić information content (AvgIpc) is 2.15. The molecular formula is C11H15NO4S. The third-order valence-electron chi connectivity index (χ3n) is 2.15. The first-order chi connectivity index (χ1) is 7.71. The molecule has 0 N–H and O–H groups in total. The van der Waals surface area contributed by atoms with E-state index in [-0.39, 0.29) is 0 Å². The minimum Gasteiger partial charge on any atom is -0.345 e. The van der Waals surface area contributed by atoms with Crippen molar-refractivity contribution in [1.29, 1.82) is 0 Å². The van der Waals surface area contributed by atoms with Crippen LogP contribution in [0.15, 0.2) is 24.5 Å². The highest BCUT2D eigenvalue weighted by atomic mass is 32.2. The van der Waals surface area contributed by atoms with E-state index in [0.29, 0.717) is 6.42 Å². The number of carbonyl (C=O) groups excluding carboxylic acids is 1. The molecule has 0 saturated carbocycles. The number of carbonyl (C=O) groups is 1. The van der Waals surface area contributed by atoms with Crippen molar-refractivity contribution in [3.63, 3.8) is 0 Å². The number of rotatable bonds is 4. The average molecular weight is 257 g/mol. The number of nitrogens with zero attached hydrogens (tertiary/aromatic N) is 1. The third kappa shape index (κ3) is 4.52. The van der Waals surface area contributed by atoms with Gasteiger partial charge in [-0.2, -0.15) is 8.42 Å². The van der Waals surface area contributed by atoms with Crippen LogP contribution in [0.4, 0.5) is 0 Å². The number of hydrogen-bond donors (Lipinski definition) is 0. The zero-order valence-electron chi connectivity index (χ0n) is 10.0. The highest BCUT2D eigenvalue weighted by Gasteiger charge is 2.32. The summed E-state index contributed by atoms with van der Waals surface area (Å²) in [5.74, 6) is -0.760. The van der Waals surface area contributed by atoms with Crippen LogP contribution in [-0.4, -0.2) is 25.6 Å². The van der Waals surface area contributed by atoms with Crippen molar-refractivity contribution in [3.05, 3.63) is 30.1 Å². The molecule has 1 aromatic heterocycles. The molecule has 1 aromatic rings. The van der Waals surface area contributed by atoms with Gasteiger partial charge in [-0.05, 0) is 31.9 Å². The second kappa shape index (κ2) is 4.83. The van der Waals surface area contributed by atoms with Crippen LogP contribution in [0.1, 0.15) is 19.4 Å². The highest BCUT2D eigenvalue weighted by molar-refractivity contribution is 7.86. The standard InChI is InChI=1S/C11H15NO4S/c1-11(2,10(13)16-17(3,14)15)7-9-5-4-6-12-8-9/h4-6,8H,7H2,1-3H3. The Morgan fingerprint density at radius 1 is 1.47 bits per heavy atom. The first kappa shape index (κ1) is 13.6. The molecule has 0 aliphatic heterocycles. The quantitative estimate of drug-likeness (QED) is 0.756. The Balaban J connectivity index is 2.78. The van der Waals surface area contributed by atoms with Crippen molar-refractivity contribution in [2.75, 3.05) is 6.26 Å². The van der Waals surface area contributed by atoms with Crippen molar-refractivity contribution in [2.24, 2.45) is 5.41 Å². The fraction of sp³-hybridized carbons (Fsp3) is 0.455. The SMILES string of the molecule is CC(C)(Cc1cccnc1)C(=O)OS(C)(=O)=O. The summed E-state index contributed by atoms with van der Waals surface area (Å²) in [6.07, 6.45) is 4.49. The second-order valence-corrected chi connectivity index (χ2v) is 6.07.